The van der Waals surface area contributed by atoms with Crippen LogP contribution in [0.1, 0.15) is 49.6 Å². The highest BCUT2D eigenvalue weighted by Crippen LogP contribution is 2.33. The zero-order valence-electron chi connectivity index (χ0n) is 23.1. The van der Waals surface area contributed by atoms with Gasteiger partial charge in [-0.15, -0.1) is 0 Å². The molecule has 1 saturated heterocycles. The third kappa shape index (κ3) is 6.38. The summed E-state index contributed by atoms with van der Waals surface area (Å²) < 4.78 is 19.5. The second kappa shape index (κ2) is 12.1. The van der Waals surface area contributed by atoms with Gasteiger partial charge < -0.3 is 19.9 Å². The quantitative estimate of drug-likeness (QED) is 0.205. The third-order valence-corrected chi connectivity index (χ3v) is 6.59. The first kappa shape index (κ1) is 27.1. The number of ether oxygens (including phenoxy) is 3. The molecule has 0 atom stereocenters. The first-order valence-electron chi connectivity index (χ1n) is 13.3. The summed E-state index contributed by atoms with van der Waals surface area (Å²) in [5.74, 6) is 2.68. The molecule has 0 bridgehead atoms. The lowest BCUT2D eigenvalue weighted by Crippen LogP contribution is -2.15. The van der Waals surface area contributed by atoms with E-state index in [0.717, 1.165) is 59.8 Å². The zero-order chi connectivity index (χ0) is 28.1. The van der Waals surface area contributed by atoms with E-state index < -0.39 is 0 Å². The Morgan fingerprint density at radius 1 is 1.07 bits per heavy atom. The molecule has 0 unspecified atom stereocenters. The van der Waals surface area contributed by atoms with Crippen LogP contribution in [0.15, 0.2) is 84.7 Å². The molecule has 3 aromatic heterocycles. The molecule has 1 aromatic carbocycles. The molecular formula is C31H34N6O3. The molecule has 1 aliphatic heterocycles. The fourth-order valence-electron chi connectivity index (χ4n) is 4.62. The highest BCUT2D eigenvalue weighted by Gasteiger charge is 2.25. The second-order valence-corrected chi connectivity index (χ2v) is 9.98. The molecule has 5 rings (SSSR count). The van der Waals surface area contributed by atoms with Crippen molar-refractivity contribution in [2.45, 2.75) is 46.1 Å². The van der Waals surface area contributed by atoms with E-state index in [4.69, 9.17) is 25.0 Å². The largest absolute Gasteiger partial charge is 0.489 e. The lowest BCUT2D eigenvalue weighted by atomic mass is 9.96. The number of benzene rings is 1. The number of hydrogen-bond acceptors (Lipinski definition) is 8. The summed E-state index contributed by atoms with van der Waals surface area (Å²) in [5, 5.41) is 4.94. The fraction of sp³-hybridized carbons (Fsp3) is 0.290. The summed E-state index contributed by atoms with van der Waals surface area (Å²) in [6.07, 6.45) is 8.85. The van der Waals surface area contributed by atoms with Crippen LogP contribution in [0.4, 0.5) is 5.82 Å². The molecule has 0 amide bonds. The van der Waals surface area contributed by atoms with Gasteiger partial charge in [-0.25, -0.2) is 14.6 Å². The summed E-state index contributed by atoms with van der Waals surface area (Å²) in [6, 6.07) is 11.7. The summed E-state index contributed by atoms with van der Waals surface area (Å²) in [4.78, 5) is 13.1. The summed E-state index contributed by atoms with van der Waals surface area (Å²) >= 11 is 0. The average molecular weight is 539 g/mol. The van der Waals surface area contributed by atoms with Gasteiger partial charge in [-0.05, 0) is 70.0 Å². The molecule has 2 N–H and O–H groups in total. The van der Waals surface area contributed by atoms with Crippen molar-refractivity contribution in [3.05, 3.63) is 102 Å². The minimum absolute atomic E-state index is 0.271. The van der Waals surface area contributed by atoms with Crippen molar-refractivity contribution in [1.82, 2.24) is 24.7 Å². The highest BCUT2D eigenvalue weighted by molar-refractivity contribution is 5.88. The number of aromatic nitrogens is 5. The van der Waals surface area contributed by atoms with Crippen LogP contribution in [0.2, 0.25) is 0 Å². The van der Waals surface area contributed by atoms with Crippen LogP contribution < -0.4 is 10.5 Å². The summed E-state index contributed by atoms with van der Waals surface area (Å²) in [6.45, 7) is 11.6. The minimum atomic E-state index is 0.271. The Morgan fingerprint density at radius 3 is 2.55 bits per heavy atom. The SMILES string of the molecule is C=C(C)/C=C(\C=C(/C)Oc1ccc(-n2nc(C3CCOCC3)c3ncnc(N)c32)cc1)OCc1ccc(C)nc1. The van der Waals surface area contributed by atoms with Crippen molar-refractivity contribution in [1.29, 1.82) is 0 Å². The van der Waals surface area contributed by atoms with Crippen LogP contribution in [0.25, 0.3) is 16.7 Å². The van der Waals surface area contributed by atoms with Crippen LogP contribution in [-0.4, -0.2) is 37.9 Å². The van der Waals surface area contributed by atoms with Crippen molar-refractivity contribution >= 4 is 16.9 Å². The average Bonchev–Trinajstić information content (AvgIpc) is 3.34. The molecule has 40 heavy (non-hydrogen) atoms. The van der Waals surface area contributed by atoms with Gasteiger partial charge in [0.15, 0.2) is 5.82 Å². The Kier molecular flexibility index (Phi) is 8.21. The zero-order valence-corrected chi connectivity index (χ0v) is 23.1. The minimum Gasteiger partial charge on any atom is -0.489 e. The number of hydrogen-bond donors (Lipinski definition) is 1. The maximum absolute atomic E-state index is 6.29. The number of nitrogens with two attached hydrogens (primary N) is 1. The Balaban J connectivity index is 1.34. The lowest BCUT2D eigenvalue weighted by Gasteiger charge is -2.20. The highest BCUT2D eigenvalue weighted by atomic mass is 16.5. The standard InChI is InChI=1S/C31H34N6O3/c1-20(2)15-27(39-18-23-6-5-21(3)33-17-23)16-22(4)40-26-9-7-25(8-10-26)37-30-29(34-19-35-31(30)32)28(36-37)24-11-13-38-14-12-24/h5-10,15-17,19,24H,1,11-14,18H2,2-4H3,(H2,32,34,35)/b22-16+,27-15+. The molecule has 206 valence electrons. The van der Waals surface area contributed by atoms with Gasteiger partial charge >= 0.3 is 0 Å². The second-order valence-electron chi connectivity index (χ2n) is 9.98. The molecule has 0 saturated carbocycles. The number of allylic oxidation sites excluding steroid dienone is 4. The summed E-state index contributed by atoms with van der Waals surface area (Å²) in [7, 11) is 0. The number of nitrogen functional groups attached to an aromatic ring is 1. The van der Waals surface area contributed by atoms with Crippen LogP contribution in [0.3, 0.4) is 0 Å². The Labute approximate surface area is 234 Å². The maximum Gasteiger partial charge on any atom is 0.153 e. The molecule has 0 aliphatic carbocycles. The molecule has 4 aromatic rings. The van der Waals surface area contributed by atoms with Gasteiger partial charge in [0.1, 0.15) is 41.2 Å². The van der Waals surface area contributed by atoms with Gasteiger partial charge in [0.05, 0.1) is 11.4 Å². The van der Waals surface area contributed by atoms with Crippen molar-refractivity contribution in [2.24, 2.45) is 0 Å². The number of aryl methyl sites for hydroxylation is 1. The predicted octanol–water partition coefficient (Wildman–Crippen LogP) is 5.95. The maximum atomic E-state index is 6.29. The molecule has 1 aliphatic rings. The monoisotopic (exact) mass is 538 g/mol. The fourth-order valence-corrected chi connectivity index (χ4v) is 4.62. The van der Waals surface area contributed by atoms with Crippen LogP contribution >= 0.6 is 0 Å². The Hall–Kier alpha value is -4.50. The van der Waals surface area contributed by atoms with E-state index in [2.05, 4.69) is 21.5 Å². The van der Waals surface area contributed by atoms with E-state index in [-0.39, 0.29) is 5.92 Å². The third-order valence-electron chi connectivity index (χ3n) is 6.59. The molecule has 0 spiro atoms. The topological polar surface area (TPSA) is 110 Å². The van der Waals surface area contributed by atoms with Crippen LogP contribution in [-0.2, 0) is 16.1 Å². The van der Waals surface area contributed by atoms with Crippen molar-refractivity contribution in [3.8, 4) is 11.4 Å². The van der Waals surface area contributed by atoms with Gasteiger partial charge in [0.25, 0.3) is 0 Å². The van der Waals surface area contributed by atoms with Crippen LogP contribution in [0.5, 0.6) is 5.75 Å². The van der Waals surface area contributed by atoms with Crippen LogP contribution in [0, 0.1) is 6.92 Å². The smallest absolute Gasteiger partial charge is 0.153 e. The van der Waals surface area contributed by atoms with Gasteiger partial charge in [-0.2, -0.15) is 5.10 Å². The number of rotatable bonds is 9. The Morgan fingerprint density at radius 2 is 1.85 bits per heavy atom. The number of anilines is 1. The first-order chi connectivity index (χ1) is 19.4. The van der Waals surface area contributed by atoms with Gasteiger partial charge in [-0.3, -0.25) is 4.98 Å². The lowest BCUT2D eigenvalue weighted by molar-refractivity contribution is 0.0846. The van der Waals surface area contributed by atoms with E-state index in [1.54, 1.807) is 0 Å². The van der Waals surface area contributed by atoms with Gasteiger partial charge in [0.2, 0.25) is 0 Å². The summed E-state index contributed by atoms with van der Waals surface area (Å²) in [5.41, 5.74) is 12.4. The van der Waals surface area contributed by atoms with E-state index >= 15 is 0 Å². The Bertz CT molecular complexity index is 1550. The number of nitrogens with zero attached hydrogens (tertiary/aromatic N) is 5. The molecule has 0 radical (unpaired) electrons. The van der Waals surface area contributed by atoms with Gasteiger partial charge in [-0.1, -0.05) is 18.2 Å². The van der Waals surface area contributed by atoms with E-state index in [9.17, 15) is 0 Å². The van der Waals surface area contributed by atoms with Crippen molar-refractivity contribution in [3.63, 3.8) is 0 Å². The molecular weight excluding hydrogens is 504 g/mol. The molecule has 9 nitrogen and oxygen atoms in total. The van der Waals surface area contributed by atoms with E-state index in [1.165, 1.54) is 6.33 Å². The predicted molar refractivity (Wildman–Crippen MR) is 155 cm³/mol. The van der Waals surface area contributed by atoms with Crippen molar-refractivity contribution in [2.75, 3.05) is 18.9 Å². The molecule has 1 fully saturated rings. The van der Waals surface area contributed by atoms with E-state index in [1.807, 2.05) is 80.2 Å². The first-order valence-corrected chi connectivity index (χ1v) is 13.3. The number of pyridine rings is 1. The molecule has 9 heteroatoms. The van der Waals surface area contributed by atoms with E-state index in [0.29, 0.717) is 35.2 Å². The normalized spacial score (nSPS) is 14.9. The van der Waals surface area contributed by atoms with Gasteiger partial charge in [0, 0.05) is 42.7 Å². The molecule has 4 heterocycles. The van der Waals surface area contributed by atoms with Crippen molar-refractivity contribution < 1.29 is 14.2 Å². The number of fused-ring (bicyclic) bond motifs is 1.